The fourth-order valence-electron chi connectivity index (χ4n) is 2.00. The lowest BCUT2D eigenvalue weighted by molar-refractivity contribution is 0.285. The van der Waals surface area contributed by atoms with Crippen molar-refractivity contribution in [3.8, 4) is 5.75 Å². The van der Waals surface area contributed by atoms with Crippen molar-refractivity contribution in [2.75, 3.05) is 25.5 Å². The van der Waals surface area contributed by atoms with Crippen LogP contribution in [0.25, 0.3) is 0 Å². The molecule has 0 spiro atoms. The van der Waals surface area contributed by atoms with E-state index in [0.717, 1.165) is 18.0 Å². The number of anilines is 1. The zero-order chi connectivity index (χ0) is 15.9. The highest BCUT2D eigenvalue weighted by molar-refractivity contribution is 7.80. The maximum Gasteiger partial charge on any atom is 0.173 e. The lowest BCUT2D eigenvalue weighted by Crippen LogP contribution is -2.34. The first-order valence-electron chi connectivity index (χ1n) is 7.33. The molecule has 2 aromatic carbocycles. The summed E-state index contributed by atoms with van der Waals surface area (Å²) in [5.41, 5.74) is 3.45. The van der Waals surface area contributed by atoms with Gasteiger partial charge in [-0.25, -0.2) is 0 Å². The smallest absolute Gasteiger partial charge is 0.173 e. The number of rotatable bonds is 5. The number of benzene rings is 2. The van der Waals surface area contributed by atoms with Crippen LogP contribution in [-0.2, 0) is 0 Å². The first-order valence-corrected chi connectivity index (χ1v) is 7.74. The van der Waals surface area contributed by atoms with Crippen LogP contribution in [0.5, 0.6) is 5.75 Å². The second-order valence-electron chi connectivity index (χ2n) is 5.33. The van der Waals surface area contributed by atoms with E-state index >= 15 is 0 Å². The molecule has 116 valence electrons. The van der Waals surface area contributed by atoms with Gasteiger partial charge in [0.25, 0.3) is 0 Å². The van der Waals surface area contributed by atoms with Crippen LogP contribution in [0.1, 0.15) is 11.1 Å². The highest BCUT2D eigenvalue weighted by Crippen LogP contribution is 2.16. The van der Waals surface area contributed by atoms with Gasteiger partial charge in [-0.2, -0.15) is 0 Å². The highest BCUT2D eigenvalue weighted by Gasteiger charge is 2.07. The van der Waals surface area contributed by atoms with E-state index in [1.54, 1.807) is 0 Å². The van der Waals surface area contributed by atoms with Gasteiger partial charge in [0.05, 0.1) is 6.54 Å². The average Bonchev–Trinajstić information content (AvgIpc) is 2.52. The molecule has 0 aliphatic carbocycles. The first kappa shape index (κ1) is 16.3. The van der Waals surface area contributed by atoms with Crippen LogP contribution in [0.15, 0.2) is 48.5 Å². The molecule has 0 aliphatic rings. The van der Waals surface area contributed by atoms with E-state index in [1.807, 2.05) is 42.3 Å². The molecule has 3 nitrogen and oxygen atoms in total. The summed E-state index contributed by atoms with van der Waals surface area (Å²) in [6.07, 6.45) is 0. The van der Waals surface area contributed by atoms with Gasteiger partial charge in [0, 0.05) is 12.7 Å². The molecule has 0 aliphatic heterocycles. The molecular weight excluding hydrogens is 292 g/mol. The number of para-hydroxylation sites is 1. The molecule has 0 aromatic heterocycles. The third-order valence-corrected chi connectivity index (χ3v) is 3.83. The summed E-state index contributed by atoms with van der Waals surface area (Å²) >= 11 is 5.45. The summed E-state index contributed by atoms with van der Waals surface area (Å²) in [6, 6.07) is 16.1. The predicted octanol–water partition coefficient (Wildman–Crippen LogP) is 4.01. The van der Waals surface area contributed by atoms with E-state index in [2.05, 4.69) is 37.4 Å². The van der Waals surface area contributed by atoms with E-state index in [1.165, 1.54) is 11.1 Å². The summed E-state index contributed by atoms with van der Waals surface area (Å²) in [7, 11) is 1.97. The number of nitrogens with one attached hydrogen (secondary N) is 1. The zero-order valence-corrected chi connectivity index (χ0v) is 14.1. The average molecular weight is 314 g/mol. The molecule has 0 atom stereocenters. The molecule has 0 saturated carbocycles. The van der Waals surface area contributed by atoms with Gasteiger partial charge in [0.1, 0.15) is 12.4 Å². The molecule has 0 amide bonds. The van der Waals surface area contributed by atoms with Crippen molar-refractivity contribution in [3.05, 3.63) is 59.7 Å². The van der Waals surface area contributed by atoms with Gasteiger partial charge in [-0.15, -0.1) is 0 Å². The lowest BCUT2D eigenvalue weighted by Gasteiger charge is -2.22. The van der Waals surface area contributed by atoms with Crippen molar-refractivity contribution < 1.29 is 4.74 Å². The Morgan fingerprint density at radius 3 is 2.59 bits per heavy atom. The van der Waals surface area contributed by atoms with Gasteiger partial charge in [0.15, 0.2) is 5.11 Å². The zero-order valence-electron chi connectivity index (χ0n) is 13.3. The maximum absolute atomic E-state index is 5.69. The van der Waals surface area contributed by atoms with Crippen molar-refractivity contribution >= 4 is 23.0 Å². The Bertz CT molecular complexity index is 628. The molecule has 4 heteroatoms. The van der Waals surface area contributed by atoms with Gasteiger partial charge >= 0.3 is 0 Å². The van der Waals surface area contributed by atoms with Crippen molar-refractivity contribution in [2.45, 2.75) is 13.8 Å². The quantitative estimate of drug-likeness (QED) is 0.843. The minimum absolute atomic E-state index is 0.592. The fourth-order valence-corrected chi connectivity index (χ4v) is 2.20. The molecule has 0 fully saturated rings. The molecule has 2 rings (SSSR count). The Hall–Kier alpha value is -2.07. The molecule has 22 heavy (non-hydrogen) atoms. The Balaban J connectivity index is 1.83. The number of hydrogen-bond donors (Lipinski definition) is 1. The van der Waals surface area contributed by atoms with E-state index in [4.69, 9.17) is 17.0 Å². The van der Waals surface area contributed by atoms with E-state index in [-0.39, 0.29) is 0 Å². The highest BCUT2D eigenvalue weighted by atomic mass is 32.1. The van der Waals surface area contributed by atoms with Gasteiger partial charge in [-0.1, -0.05) is 30.3 Å². The summed E-state index contributed by atoms with van der Waals surface area (Å²) < 4.78 is 5.69. The number of ether oxygens (including phenoxy) is 1. The van der Waals surface area contributed by atoms with Crippen molar-refractivity contribution in [1.29, 1.82) is 0 Å². The van der Waals surface area contributed by atoms with Crippen molar-refractivity contribution in [2.24, 2.45) is 0 Å². The lowest BCUT2D eigenvalue weighted by atomic mass is 10.1. The summed E-state index contributed by atoms with van der Waals surface area (Å²) in [6.45, 7) is 5.47. The Morgan fingerprint density at radius 2 is 1.86 bits per heavy atom. The Kier molecular flexibility index (Phi) is 5.78. The molecule has 0 unspecified atom stereocenters. The second-order valence-corrected chi connectivity index (χ2v) is 5.72. The molecule has 1 N–H and O–H groups in total. The van der Waals surface area contributed by atoms with Crippen molar-refractivity contribution in [1.82, 2.24) is 4.90 Å². The minimum atomic E-state index is 0.592. The van der Waals surface area contributed by atoms with Crippen LogP contribution < -0.4 is 10.1 Å². The second kappa shape index (κ2) is 7.80. The SMILES string of the molecule is Cc1ccc(C)c(NC(=S)N(C)CCOc2ccccc2)c1. The van der Waals surface area contributed by atoms with E-state index in [9.17, 15) is 0 Å². The van der Waals surface area contributed by atoms with Crippen LogP contribution in [0, 0.1) is 13.8 Å². The Labute approximate surface area is 137 Å². The first-order chi connectivity index (χ1) is 10.6. The number of nitrogens with zero attached hydrogens (tertiary/aromatic N) is 1. The number of hydrogen-bond acceptors (Lipinski definition) is 2. The third kappa shape index (κ3) is 4.74. The molecule has 0 heterocycles. The number of likely N-dealkylation sites (N-methyl/N-ethyl adjacent to an activating group) is 1. The third-order valence-electron chi connectivity index (χ3n) is 3.42. The fraction of sp³-hybridized carbons (Fsp3) is 0.278. The molecule has 2 aromatic rings. The maximum atomic E-state index is 5.69. The van der Waals surface area contributed by atoms with Crippen molar-refractivity contribution in [3.63, 3.8) is 0 Å². The van der Waals surface area contributed by atoms with Crippen LogP contribution in [0.2, 0.25) is 0 Å². The summed E-state index contributed by atoms with van der Waals surface area (Å²) in [4.78, 5) is 1.99. The number of aryl methyl sites for hydroxylation is 2. The molecular formula is C18H22N2OS. The minimum Gasteiger partial charge on any atom is -0.492 e. The summed E-state index contributed by atoms with van der Waals surface area (Å²) in [5, 5.41) is 4.00. The summed E-state index contributed by atoms with van der Waals surface area (Å²) in [5.74, 6) is 0.879. The number of thiocarbonyl (C=S) groups is 1. The van der Waals surface area contributed by atoms with Gasteiger partial charge in [-0.3, -0.25) is 0 Å². The standard InChI is InChI=1S/C18H22N2OS/c1-14-9-10-15(2)17(13-14)19-18(22)20(3)11-12-21-16-7-5-4-6-8-16/h4-10,13H,11-12H2,1-3H3,(H,19,22). The topological polar surface area (TPSA) is 24.5 Å². The van der Waals surface area contributed by atoms with E-state index in [0.29, 0.717) is 11.7 Å². The normalized spacial score (nSPS) is 10.1. The molecule has 0 saturated heterocycles. The van der Waals surface area contributed by atoms with Gasteiger partial charge < -0.3 is 15.0 Å². The van der Waals surface area contributed by atoms with Crippen LogP contribution in [-0.4, -0.2) is 30.2 Å². The largest absolute Gasteiger partial charge is 0.492 e. The Morgan fingerprint density at radius 1 is 1.14 bits per heavy atom. The van der Waals surface area contributed by atoms with Crippen LogP contribution in [0.3, 0.4) is 0 Å². The van der Waals surface area contributed by atoms with Gasteiger partial charge in [0.2, 0.25) is 0 Å². The van der Waals surface area contributed by atoms with Crippen LogP contribution >= 0.6 is 12.2 Å². The monoisotopic (exact) mass is 314 g/mol. The van der Waals surface area contributed by atoms with E-state index < -0.39 is 0 Å². The predicted molar refractivity (Wildman–Crippen MR) is 96.7 cm³/mol. The van der Waals surface area contributed by atoms with Crippen LogP contribution in [0.4, 0.5) is 5.69 Å². The van der Waals surface area contributed by atoms with Gasteiger partial charge in [-0.05, 0) is 55.4 Å². The molecule has 0 radical (unpaired) electrons. The molecule has 0 bridgehead atoms.